The maximum absolute atomic E-state index is 9.93. The van der Waals surface area contributed by atoms with E-state index in [-0.39, 0.29) is 0 Å². The molecule has 0 aliphatic heterocycles. The Labute approximate surface area is 197 Å². The normalized spacial score (nSPS) is 30.5. The van der Waals surface area contributed by atoms with Gasteiger partial charge in [0.05, 0.1) is 0 Å². The maximum Gasteiger partial charge on any atom is 0.115 e. The van der Waals surface area contributed by atoms with Crippen LogP contribution in [0, 0.1) is 23.2 Å². The first-order valence-electron chi connectivity index (χ1n) is 13.4. The van der Waals surface area contributed by atoms with Crippen LogP contribution in [0.3, 0.4) is 0 Å². The van der Waals surface area contributed by atoms with E-state index in [0.717, 1.165) is 30.7 Å². The Kier molecular flexibility index (Phi) is 6.83. The van der Waals surface area contributed by atoms with E-state index in [4.69, 9.17) is 0 Å². The van der Waals surface area contributed by atoms with Crippen LogP contribution in [0.2, 0.25) is 0 Å². The zero-order chi connectivity index (χ0) is 23.1. The number of nitrogens with zero attached hydrogens (tertiary/aromatic N) is 1. The second-order valence-electron chi connectivity index (χ2n) is 12.1. The molecule has 2 nitrogen and oxygen atoms in total. The molecule has 1 aromatic rings. The second-order valence-corrected chi connectivity index (χ2v) is 12.1. The molecule has 0 bridgehead atoms. The average Bonchev–Trinajstić information content (AvgIpc) is 3.12. The molecule has 1 N–H and O–H groups in total. The van der Waals surface area contributed by atoms with Crippen molar-refractivity contribution in [1.29, 1.82) is 0 Å². The molecule has 0 aromatic heterocycles. The molecule has 1 fully saturated rings. The molecule has 0 amide bonds. The van der Waals surface area contributed by atoms with Crippen molar-refractivity contribution in [3.8, 4) is 5.75 Å². The number of phenolic OH excluding ortho intramolecular Hbond substituents is 1. The highest BCUT2D eigenvalue weighted by Gasteiger charge is 2.52. The summed E-state index contributed by atoms with van der Waals surface area (Å²) in [6, 6.07) is 6.17. The van der Waals surface area contributed by atoms with Gasteiger partial charge in [0.1, 0.15) is 5.75 Å². The highest BCUT2D eigenvalue weighted by molar-refractivity contribution is 5.41. The number of allylic oxidation sites excluding steroid dienone is 2. The van der Waals surface area contributed by atoms with E-state index in [9.17, 15) is 5.11 Å². The number of hydrogen-bond acceptors (Lipinski definition) is 2. The van der Waals surface area contributed by atoms with Crippen molar-refractivity contribution in [2.24, 2.45) is 23.2 Å². The number of phenols is 1. The minimum Gasteiger partial charge on any atom is -0.508 e. The van der Waals surface area contributed by atoms with Crippen LogP contribution in [0.5, 0.6) is 5.75 Å². The van der Waals surface area contributed by atoms with E-state index in [0.29, 0.717) is 22.6 Å². The van der Waals surface area contributed by atoms with E-state index >= 15 is 0 Å². The van der Waals surface area contributed by atoms with Gasteiger partial charge in [0, 0.05) is 5.54 Å². The van der Waals surface area contributed by atoms with Crippen LogP contribution in [0.1, 0.15) is 103 Å². The lowest BCUT2D eigenvalue weighted by Gasteiger charge is -2.51. The lowest BCUT2D eigenvalue weighted by molar-refractivity contribution is 0.0686. The van der Waals surface area contributed by atoms with Gasteiger partial charge in [-0.2, -0.15) is 0 Å². The first-order chi connectivity index (χ1) is 15.2. The zero-order valence-electron chi connectivity index (χ0n) is 21.6. The fourth-order valence-electron chi connectivity index (χ4n) is 7.72. The van der Waals surface area contributed by atoms with Gasteiger partial charge in [-0.15, -0.1) is 0 Å². The summed E-state index contributed by atoms with van der Waals surface area (Å²) in [5.74, 6) is 3.50. The van der Waals surface area contributed by atoms with Crippen LogP contribution in [0.25, 0.3) is 0 Å². The van der Waals surface area contributed by atoms with Crippen molar-refractivity contribution >= 4 is 0 Å². The summed E-state index contributed by atoms with van der Waals surface area (Å²) in [4.78, 5) is 2.49. The van der Waals surface area contributed by atoms with Crippen molar-refractivity contribution < 1.29 is 5.11 Å². The van der Waals surface area contributed by atoms with Gasteiger partial charge >= 0.3 is 0 Å². The van der Waals surface area contributed by atoms with E-state index < -0.39 is 0 Å². The molecule has 3 aliphatic rings. The summed E-state index contributed by atoms with van der Waals surface area (Å²) >= 11 is 0. The predicted octanol–water partition coefficient (Wildman–Crippen LogP) is 7.71. The smallest absolute Gasteiger partial charge is 0.115 e. The molecule has 1 saturated carbocycles. The lowest BCUT2D eigenvalue weighted by atomic mass is 9.53. The van der Waals surface area contributed by atoms with Crippen molar-refractivity contribution in [2.75, 3.05) is 13.6 Å². The number of unbranched alkanes of at least 4 members (excludes halogenated alkanes) is 1. The van der Waals surface area contributed by atoms with Crippen LogP contribution in [0.4, 0.5) is 0 Å². The highest BCUT2D eigenvalue weighted by atomic mass is 16.3. The molecule has 0 radical (unpaired) electrons. The Bertz CT molecular complexity index is 839. The minimum atomic E-state index is 0.314. The van der Waals surface area contributed by atoms with Crippen molar-refractivity contribution in [3.05, 3.63) is 41.0 Å². The van der Waals surface area contributed by atoms with Gasteiger partial charge in [0.25, 0.3) is 0 Å². The van der Waals surface area contributed by atoms with Gasteiger partial charge in [-0.05, 0) is 125 Å². The molecular weight excluding hydrogens is 390 g/mol. The van der Waals surface area contributed by atoms with Gasteiger partial charge in [-0.25, -0.2) is 0 Å². The summed E-state index contributed by atoms with van der Waals surface area (Å²) in [6.07, 6.45) is 14.4. The van der Waals surface area contributed by atoms with E-state index in [1.165, 1.54) is 56.9 Å². The molecule has 0 heterocycles. The molecule has 1 aromatic carbocycles. The van der Waals surface area contributed by atoms with Crippen LogP contribution < -0.4 is 0 Å². The van der Waals surface area contributed by atoms with Gasteiger partial charge < -0.3 is 10.0 Å². The number of fused-ring (bicyclic) bond motifs is 5. The van der Waals surface area contributed by atoms with Crippen LogP contribution in [0.15, 0.2) is 29.8 Å². The Morgan fingerprint density at radius 1 is 1.22 bits per heavy atom. The third kappa shape index (κ3) is 4.29. The van der Waals surface area contributed by atoms with Crippen LogP contribution >= 0.6 is 0 Å². The average molecular weight is 438 g/mol. The minimum absolute atomic E-state index is 0.314. The van der Waals surface area contributed by atoms with Gasteiger partial charge in [-0.1, -0.05) is 51.3 Å². The topological polar surface area (TPSA) is 23.5 Å². The lowest BCUT2D eigenvalue weighted by Crippen LogP contribution is -2.42. The SMILES string of the molecule is CCN(C)C(C)(C)CCCC[C@@H](C)C1=CC[C@H]2[C@@H]3CCc4cc(O)ccc4[C@H]3CC[C@]12C. The predicted molar refractivity (Wildman–Crippen MR) is 136 cm³/mol. The summed E-state index contributed by atoms with van der Waals surface area (Å²) < 4.78 is 0. The molecule has 0 unspecified atom stereocenters. The number of hydrogen-bond donors (Lipinski definition) is 1. The number of rotatable bonds is 8. The van der Waals surface area contributed by atoms with Crippen molar-refractivity contribution in [2.45, 2.75) is 104 Å². The van der Waals surface area contributed by atoms with Gasteiger partial charge in [0.15, 0.2) is 0 Å². The largest absolute Gasteiger partial charge is 0.508 e. The standard InChI is InChI=1S/C30H47NO/c1-7-31(6)29(3,4)18-9-8-10-21(2)27-15-16-28-26-13-11-22-20-23(32)12-14-24(22)25(26)17-19-30(27,28)5/h12,14-15,20-21,25-26,28,32H,7-11,13,16-19H2,1-6H3/t21-,25-,26-,28+,30-/m1/s1. The monoisotopic (exact) mass is 437 g/mol. The molecule has 4 rings (SSSR count). The summed E-state index contributed by atoms with van der Waals surface area (Å²) in [6.45, 7) is 13.3. The van der Waals surface area contributed by atoms with E-state index in [2.05, 4.69) is 58.7 Å². The van der Waals surface area contributed by atoms with E-state index in [1.807, 2.05) is 12.1 Å². The number of aryl methyl sites for hydroxylation is 1. The highest BCUT2D eigenvalue weighted by Crippen LogP contribution is 2.62. The fraction of sp³-hybridized carbons (Fsp3) is 0.733. The first kappa shape index (κ1) is 23.9. The molecule has 3 aliphatic carbocycles. The third-order valence-electron chi connectivity index (χ3n) is 10.1. The second kappa shape index (κ2) is 9.16. The van der Waals surface area contributed by atoms with Crippen molar-refractivity contribution in [3.63, 3.8) is 0 Å². The first-order valence-corrected chi connectivity index (χ1v) is 13.4. The zero-order valence-corrected chi connectivity index (χ0v) is 21.6. The quantitative estimate of drug-likeness (QED) is 0.332. The molecule has 0 spiro atoms. The maximum atomic E-state index is 9.93. The molecule has 0 saturated heterocycles. The molecular formula is C30H47NO. The Balaban J connectivity index is 1.37. The van der Waals surface area contributed by atoms with Gasteiger partial charge in [0.2, 0.25) is 0 Å². The molecule has 2 heteroatoms. The Morgan fingerprint density at radius 2 is 2.00 bits per heavy atom. The van der Waals surface area contributed by atoms with E-state index in [1.54, 1.807) is 11.1 Å². The summed E-state index contributed by atoms with van der Waals surface area (Å²) in [5.41, 5.74) is 5.47. The van der Waals surface area contributed by atoms with Crippen LogP contribution in [-0.2, 0) is 6.42 Å². The Morgan fingerprint density at radius 3 is 2.75 bits per heavy atom. The summed E-state index contributed by atoms with van der Waals surface area (Å²) in [5, 5.41) is 9.93. The van der Waals surface area contributed by atoms with Crippen molar-refractivity contribution in [1.82, 2.24) is 4.90 Å². The molecule has 178 valence electrons. The van der Waals surface area contributed by atoms with Crippen LogP contribution in [-0.4, -0.2) is 29.1 Å². The molecule has 32 heavy (non-hydrogen) atoms. The summed E-state index contributed by atoms with van der Waals surface area (Å²) in [7, 11) is 2.26. The third-order valence-corrected chi connectivity index (χ3v) is 10.1. The number of benzene rings is 1. The van der Waals surface area contributed by atoms with Gasteiger partial charge in [-0.3, -0.25) is 0 Å². The fourth-order valence-corrected chi connectivity index (χ4v) is 7.72. The molecule has 5 atom stereocenters. The Hall–Kier alpha value is -1.28. The number of aromatic hydroxyl groups is 1.